The molecule has 3 aromatic rings. The fourth-order valence-corrected chi connectivity index (χ4v) is 5.91. The van der Waals surface area contributed by atoms with Gasteiger partial charge in [0, 0.05) is 36.7 Å². The van der Waals surface area contributed by atoms with E-state index in [-0.39, 0.29) is 17.4 Å². The highest BCUT2D eigenvalue weighted by atomic mass is 35.5. The van der Waals surface area contributed by atoms with Crippen LogP contribution in [0, 0.1) is 0 Å². The summed E-state index contributed by atoms with van der Waals surface area (Å²) in [5.41, 5.74) is 9.37. The number of carbonyl (C=O) groups is 1. The lowest BCUT2D eigenvalue weighted by molar-refractivity contribution is 0.0893. The van der Waals surface area contributed by atoms with E-state index >= 15 is 0 Å². The van der Waals surface area contributed by atoms with Gasteiger partial charge in [-0.15, -0.1) is 0 Å². The van der Waals surface area contributed by atoms with Gasteiger partial charge in [0.05, 0.1) is 23.4 Å². The highest BCUT2D eigenvalue weighted by molar-refractivity contribution is 6.33. The van der Waals surface area contributed by atoms with Crippen molar-refractivity contribution < 1.29 is 9.53 Å². The molecule has 34 heavy (non-hydrogen) atoms. The molecule has 2 saturated heterocycles. The molecule has 0 saturated carbocycles. The molecule has 0 aromatic heterocycles. The van der Waals surface area contributed by atoms with Gasteiger partial charge in [-0.2, -0.15) is 0 Å². The van der Waals surface area contributed by atoms with E-state index in [1.807, 2.05) is 0 Å². The van der Waals surface area contributed by atoms with Gasteiger partial charge in [-0.05, 0) is 36.5 Å². The zero-order valence-corrected chi connectivity index (χ0v) is 20.1. The molecule has 2 aliphatic rings. The number of fused-ring (bicyclic) bond motifs is 1. The van der Waals surface area contributed by atoms with Gasteiger partial charge < -0.3 is 15.8 Å². The van der Waals surface area contributed by atoms with E-state index in [2.05, 4.69) is 70.9 Å². The number of nitrogens with one attached hydrogen (secondary N) is 1. The summed E-state index contributed by atoms with van der Waals surface area (Å²) in [5, 5.41) is 3.58. The lowest BCUT2D eigenvalue weighted by Gasteiger charge is -2.35. The largest absolute Gasteiger partial charge is 0.496 e. The van der Waals surface area contributed by atoms with Crippen LogP contribution in [0.2, 0.25) is 5.02 Å². The standard InChI is InChI=1S/C28H30ClN3O2/c1-34-26-16-25(30)24(29)15-23(26)27(33)31-21-12-13-32-18-28(17-22(32)14-21,19-8-4-2-5-9-19)20-10-6-3-7-11-20/h2-11,15-16,21-22H,12-14,17-18,30H2,1H3,(H,31,33). The van der Waals surface area contributed by atoms with Crippen LogP contribution in [0.15, 0.2) is 72.8 Å². The summed E-state index contributed by atoms with van der Waals surface area (Å²) in [4.78, 5) is 15.7. The first-order chi connectivity index (χ1) is 16.5. The molecule has 1 amide bonds. The first kappa shape index (κ1) is 22.8. The molecule has 5 nitrogen and oxygen atoms in total. The highest BCUT2D eigenvalue weighted by Crippen LogP contribution is 2.46. The van der Waals surface area contributed by atoms with E-state index in [0.29, 0.717) is 28.1 Å². The van der Waals surface area contributed by atoms with E-state index in [4.69, 9.17) is 22.1 Å². The summed E-state index contributed by atoms with van der Waals surface area (Å²) >= 11 is 6.18. The normalized spacial score (nSPS) is 21.6. The van der Waals surface area contributed by atoms with Crippen molar-refractivity contribution in [2.24, 2.45) is 0 Å². The number of rotatable bonds is 5. The van der Waals surface area contributed by atoms with E-state index < -0.39 is 0 Å². The zero-order chi connectivity index (χ0) is 23.7. The summed E-state index contributed by atoms with van der Waals surface area (Å²) < 4.78 is 5.38. The van der Waals surface area contributed by atoms with E-state index in [1.165, 1.54) is 18.2 Å². The molecule has 2 unspecified atom stereocenters. The van der Waals surface area contributed by atoms with Gasteiger partial charge in [-0.3, -0.25) is 9.69 Å². The van der Waals surface area contributed by atoms with Gasteiger partial charge in [-0.1, -0.05) is 72.3 Å². The molecule has 0 aliphatic carbocycles. The van der Waals surface area contributed by atoms with E-state index in [0.717, 1.165) is 32.4 Å². The number of nitrogens with two attached hydrogens (primary N) is 1. The number of nitrogens with zero attached hydrogens (tertiary/aromatic N) is 1. The Labute approximate surface area is 205 Å². The molecule has 5 rings (SSSR count). The molecule has 2 aliphatic heterocycles. The number of hydrogen-bond acceptors (Lipinski definition) is 4. The smallest absolute Gasteiger partial charge is 0.255 e. The van der Waals surface area contributed by atoms with Crippen LogP contribution in [0.1, 0.15) is 40.7 Å². The van der Waals surface area contributed by atoms with Crippen LogP contribution in [-0.4, -0.2) is 43.1 Å². The minimum Gasteiger partial charge on any atom is -0.496 e. The summed E-state index contributed by atoms with van der Waals surface area (Å²) in [6.45, 7) is 1.95. The van der Waals surface area contributed by atoms with Crippen LogP contribution in [0.4, 0.5) is 5.69 Å². The highest BCUT2D eigenvalue weighted by Gasteiger charge is 2.48. The van der Waals surface area contributed by atoms with Crippen LogP contribution >= 0.6 is 11.6 Å². The SMILES string of the molecule is COc1cc(N)c(Cl)cc1C(=O)NC1CCN2CC(c3ccccc3)(c3ccccc3)CC2C1. The predicted molar refractivity (Wildman–Crippen MR) is 137 cm³/mol. The van der Waals surface area contributed by atoms with Crippen molar-refractivity contribution in [3.05, 3.63) is 94.5 Å². The molecular formula is C28H30ClN3O2. The second kappa shape index (κ2) is 9.32. The zero-order valence-electron chi connectivity index (χ0n) is 19.3. The number of piperidine rings is 1. The van der Waals surface area contributed by atoms with Crippen LogP contribution < -0.4 is 15.8 Å². The molecule has 2 atom stereocenters. The molecule has 2 heterocycles. The lowest BCUT2D eigenvalue weighted by atomic mass is 9.72. The second-order valence-corrected chi connectivity index (χ2v) is 9.82. The maximum absolute atomic E-state index is 13.1. The summed E-state index contributed by atoms with van der Waals surface area (Å²) in [6, 6.07) is 25.4. The predicted octanol–water partition coefficient (Wildman–Crippen LogP) is 4.88. The molecule has 0 radical (unpaired) electrons. The second-order valence-electron chi connectivity index (χ2n) is 9.41. The molecule has 2 fully saturated rings. The first-order valence-electron chi connectivity index (χ1n) is 11.8. The summed E-state index contributed by atoms with van der Waals surface area (Å²) in [5.74, 6) is 0.262. The van der Waals surface area contributed by atoms with Crippen molar-refractivity contribution in [3.8, 4) is 5.75 Å². The molecule has 6 heteroatoms. The van der Waals surface area contributed by atoms with Gasteiger partial charge in [0.1, 0.15) is 5.75 Å². The molecule has 0 bridgehead atoms. The van der Waals surface area contributed by atoms with Gasteiger partial charge in [0.15, 0.2) is 0 Å². The van der Waals surface area contributed by atoms with Gasteiger partial charge in [0.25, 0.3) is 5.91 Å². The number of anilines is 1. The average molecular weight is 476 g/mol. The number of methoxy groups -OCH3 is 1. The van der Waals surface area contributed by atoms with Crippen molar-refractivity contribution in [1.82, 2.24) is 10.2 Å². The van der Waals surface area contributed by atoms with Crippen LogP contribution in [0.3, 0.4) is 0 Å². The Morgan fingerprint density at radius 1 is 1.09 bits per heavy atom. The van der Waals surface area contributed by atoms with Crippen molar-refractivity contribution in [3.63, 3.8) is 0 Å². The Bertz CT molecular complexity index is 1130. The lowest BCUT2D eigenvalue weighted by Crippen LogP contribution is -2.47. The summed E-state index contributed by atoms with van der Waals surface area (Å²) in [7, 11) is 1.53. The van der Waals surface area contributed by atoms with Crippen molar-refractivity contribution >= 4 is 23.2 Å². The molecule has 176 valence electrons. The Kier molecular flexibility index (Phi) is 6.24. The topological polar surface area (TPSA) is 67.6 Å². The monoisotopic (exact) mass is 475 g/mol. The number of carbonyl (C=O) groups excluding carboxylic acids is 1. The maximum atomic E-state index is 13.1. The van der Waals surface area contributed by atoms with Gasteiger partial charge in [0.2, 0.25) is 0 Å². The minimum absolute atomic E-state index is 0.0419. The summed E-state index contributed by atoms with van der Waals surface area (Å²) in [6.07, 6.45) is 2.86. The number of hydrogen-bond donors (Lipinski definition) is 2. The van der Waals surface area contributed by atoms with Crippen molar-refractivity contribution in [1.29, 1.82) is 0 Å². The average Bonchev–Trinajstić information content (AvgIpc) is 3.26. The molecule has 0 spiro atoms. The van der Waals surface area contributed by atoms with Crippen LogP contribution in [0.25, 0.3) is 0 Å². The van der Waals surface area contributed by atoms with Gasteiger partial charge in [-0.25, -0.2) is 0 Å². The number of halogens is 1. The van der Waals surface area contributed by atoms with E-state index in [9.17, 15) is 4.79 Å². The number of ether oxygens (including phenoxy) is 1. The molecule has 3 N–H and O–H groups in total. The van der Waals surface area contributed by atoms with Gasteiger partial charge >= 0.3 is 0 Å². The quantitative estimate of drug-likeness (QED) is 0.516. The Morgan fingerprint density at radius 2 is 1.74 bits per heavy atom. The Balaban J connectivity index is 1.36. The van der Waals surface area contributed by atoms with Crippen LogP contribution in [-0.2, 0) is 5.41 Å². The maximum Gasteiger partial charge on any atom is 0.255 e. The van der Waals surface area contributed by atoms with E-state index in [1.54, 1.807) is 12.1 Å². The van der Waals surface area contributed by atoms with Crippen molar-refractivity contribution in [2.45, 2.75) is 36.8 Å². The van der Waals surface area contributed by atoms with Crippen molar-refractivity contribution in [2.75, 3.05) is 25.9 Å². The third kappa shape index (κ3) is 4.15. The molecular weight excluding hydrogens is 446 g/mol. The number of nitrogen functional groups attached to an aromatic ring is 1. The fourth-order valence-electron chi connectivity index (χ4n) is 5.74. The Morgan fingerprint density at radius 3 is 2.35 bits per heavy atom. The minimum atomic E-state index is -0.174. The third-order valence-electron chi connectivity index (χ3n) is 7.45. The fraction of sp³-hybridized carbons (Fsp3) is 0.321. The first-order valence-corrected chi connectivity index (χ1v) is 12.2. The number of benzene rings is 3. The Hall–Kier alpha value is -3.02. The van der Waals surface area contributed by atoms with Crippen LogP contribution in [0.5, 0.6) is 5.75 Å². The third-order valence-corrected chi connectivity index (χ3v) is 7.77. The number of amides is 1. The molecule has 3 aromatic carbocycles.